The molecule has 3 aliphatic rings. The third-order valence-corrected chi connectivity index (χ3v) is 9.20. The Kier molecular flexibility index (Phi) is 7.82. The minimum atomic E-state index is -0.922. The number of anilines is 1. The van der Waals surface area contributed by atoms with Gasteiger partial charge in [-0.05, 0) is 88.3 Å². The number of aryl methyl sites for hydroxylation is 1. The number of nitrogens with one attached hydrogen (secondary N) is 1. The smallest absolute Gasteiger partial charge is 0.408 e. The molecule has 10 nitrogen and oxygen atoms in total. The first kappa shape index (κ1) is 30.0. The molecule has 1 saturated carbocycles. The van der Waals surface area contributed by atoms with Crippen LogP contribution in [0, 0.1) is 0 Å². The molecular weight excluding hydrogens is 558 g/mol. The molecule has 10 heteroatoms. The second-order valence-corrected chi connectivity index (χ2v) is 13.3. The number of fused-ring (bicyclic) bond motifs is 3. The van der Waals surface area contributed by atoms with E-state index in [0.717, 1.165) is 46.1 Å². The summed E-state index contributed by atoms with van der Waals surface area (Å²) in [5, 5.41) is 14.4. The summed E-state index contributed by atoms with van der Waals surface area (Å²) < 4.78 is 5.41. The molecule has 2 fully saturated rings. The normalized spacial score (nSPS) is 18.4. The van der Waals surface area contributed by atoms with Crippen LogP contribution >= 0.6 is 0 Å². The summed E-state index contributed by atoms with van der Waals surface area (Å²) in [6.07, 6.45) is 9.18. The molecule has 3 amide bonds. The third kappa shape index (κ3) is 5.51. The van der Waals surface area contributed by atoms with Gasteiger partial charge in [0.25, 0.3) is 0 Å². The number of carbonyl (C=O) groups is 3. The van der Waals surface area contributed by atoms with Crippen LogP contribution in [-0.4, -0.2) is 68.7 Å². The van der Waals surface area contributed by atoms with Crippen LogP contribution < -0.4 is 10.2 Å². The topological polar surface area (TPSA) is 125 Å². The molecule has 4 heterocycles. The number of aromatic nitrogens is 2. The molecule has 1 saturated heterocycles. The predicted octanol–water partition coefficient (Wildman–Crippen LogP) is 4.41. The van der Waals surface area contributed by atoms with E-state index in [9.17, 15) is 19.5 Å². The molecule has 3 aromatic rings. The van der Waals surface area contributed by atoms with Gasteiger partial charge in [0.2, 0.25) is 11.8 Å². The lowest BCUT2D eigenvalue weighted by Crippen LogP contribution is -2.56. The Morgan fingerprint density at radius 2 is 1.80 bits per heavy atom. The zero-order chi connectivity index (χ0) is 31.1. The summed E-state index contributed by atoms with van der Waals surface area (Å²) in [4.78, 5) is 53.3. The van der Waals surface area contributed by atoms with Gasteiger partial charge in [0.1, 0.15) is 11.1 Å². The highest BCUT2D eigenvalue weighted by Crippen LogP contribution is 2.49. The molecule has 0 unspecified atom stereocenters. The number of carbonyl (C=O) groups excluding carboxylic acids is 3. The van der Waals surface area contributed by atoms with E-state index in [1.165, 1.54) is 0 Å². The van der Waals surface area contributed by atoms with Crippen molar-refractivity contribution in [1.29, 1.82) is 0 Å². The molecule has 2 N–H and O–H groups in total. The maximum absolute atomic E-state index is 14.4. The number of rotatable bonds is 8. The first-order valence-corrected chi connectivity index (χ1v) is 15.6. The zero-order valence-electron chi connectivity index (χ0n) is 25.8. The van der Waals surface area contributed by atoms with Crippen LogP contribution in [0.25, 0.3) is 10.8 Å². The van der Waals surface area contributed by atoms with E-state index in [1.807, 2.05) is 35.4 Å². The fourth-order valence-corrected chi connectivity index (χ4v) is 6.78. The second-order valence-electron chi connectivity index (χ2n) is 13.3. The summed E-state index contributed by atoms with van der Waals surface area (Å²) in [6.45, 7) is 6.67. The number of hydrogen-bond donors (Lipinski definition) is 2. The molecule has 0 radical (unpaired) electrons. The van der Waals surface area contributed by atoms with E-state index in [-0.39, 0.29) is 18.4 Å². The van der Waals surface area contributed by atoms with Crippen LogP contribution in [0.5, 0.6) is 0 Å². The van der Waals surface area contributed by atoms with Crippen molar-refractivity contribution in [2.24, 2.45) is 0 Å². The van der Waals surface area contributed by atoms with Crippen molar-refractivity contribution in [2.75, 3.05) is 24.6 Å². The van der Waals surface area contributed by atoms with Crippen molar-refractivity contribution >= 4 is 34.4 Å². The van der Waals surface area contributed by atoms with Gasteiger partial charge in [0, 0.05) is 37.5 Å². The molecule has 2 aliphatic heterocycles. The maximum Gasteiger partial charge on any atom is 0.408 e. The lowest BCUT2D eigenvalue weighted by atomic mass is 9.74. The van der Waals surface area contributed by atoms with Gasteiger partial charge in [0.15, 0.2) is 0 Å². The summed E-state index contributed by atoms with van der Waals surface area (Å²) in [6, 6.07) is 10.1. The Morgan fingerprint density at radius 3 is 2.50 bits per heavy atom. The fourth-order valence-electron chi connectivity index (χ4n) is 6.78. The van der Waals surface area contributed by atoms with Crippen LogP contribution in [0.3, 0.4) is 0 Å². The van der Waals surface area contributed by atoms with E-state index in [0.29, 0.717) is 51.7 Å². The Labute approximate surface area is 257 Å². The van der Waals surface area contributed by atoms with Crippen molar-refractivity contribution in [3.8, 4) is 0 Å². The van der Waals surface area contributed by atoms with Crippen LogP contribution in [0.2, 0.25) is 0 Å². The van der Waals surface area contributed by atoms with Gasteiger partial charge in [-0.25, -0.2) is 4.79 Å². The van der Waals surface area contributed by atoms with Gasteiger partial charge in [-0.3, -0.25) is 19.6 Å². The standard InChI is InChI=1S/C34H41N5O5/c1-32(2,3)44-31(43)37-34(12-13-34)30(42)38-17-14-33(15-18-38)26-11-16-35-21-28(26)39(29(33)41)22-27-25(10-6-7-19-40)24-9-5-4-8-23(24)20-36-27/h4-5,8-9,11,16,20-21,40H,6-7,10,12-15,17-19,22H2,1-3H3,(H,37,43). The van der Waals surface area contributed by atoms with E-state index in [4.69, 9.17) is 9.72 Å². The van der Waals surface area contributed by atoms with E-state index < -0.39 is 22.6 Å². The third-order valence-electron chi connectivity index (χ3n) is 9.20. The van der Waals surface area contributed by atoms with E-state index in [1.54, 1.807) is 38.1 Å². The lowest BCUT2D eigenvalue weighted by Gasteiger charge is -2.40. The Morgan fingerprint density at radius 1 is 1.05 bits per heavy atom. The number of piperidine rings is 1. The minimum absolute atomic E-state index is 0.0110. The Bertz CT molecular complexity index is 1590. The quantitative estimate of drug-likeness (QED) is 0.368. The molecule has 1 aromatic carbocycles. The van der Waals surface area contributed by atoms with Crippen molar-refractivity contribution < 1.29 is 24.2 Å². The summed E-state index contributed by atoms with van der Waals surface area (Å²) >= 11 is 0. The summed E-state index contributed by atoms with van der Waals surface area (Å²) in [7, 11) is 0. The number of benzene rings is 1. The molecular formula is C34H41N5O5. The van der Waals surface area contributed by atoms with Gasteiger partial charge >= 0.3 is 6.09 Å². The average Bonchev–Trinajstić information content (AvgIpc) is 3.75. The molecule has 0 atom stereocenters. The predicted molar refractivity (Wildman–Crippen MR) is 166 cm³/mol. The maximum atomic E-state index is 14.4. The van der Waals surface area contributed by atoms with Crippen molar-refractivity contribution in [2.45, 2.75) is 88.8 Å². The van der Waals surface area contributed by atoms with Gasteiger partial charge in [-0.15, -0.1) is 0 Å². The number of ether oxygens (including phenoxy) is 1. The lowest BCUT2D eigenvalue weighted by molar-refractivity contribution is -0.138. The van der Waals surface area contributed by atoms with Crippen LogP contribution in [-0.2, 0) is 32.7 Å². The highest BCUT2D eigenvalue weighted by molar-refractivity contribution is 6.08. The minimum Gasteiger partial charge on any atom is -0.444 e. The number of pyridine rings is 2. The molecule has 0 bridgehead atoms. The number of amides is 3. The van der Waals surface area contributed by atoms with Crippen LogP contribution in [0.15, 0.2) is 48.9 Å². The highest BCUT2D eigenvalue weighted by Gasteiger charge is 2.57. The largest absolute Gasteiger partial charge is 0.444 e. The number of aliphatic hydroxyl groups excluding tert-OH is 1. The van der Waals surface area contributed by atoms with Crippen molar-refractivity contribution in [1.82, 2.24) is 20.2 Å². The van der Waals surface area contributed by atoms with Crippen molar-refractivity contribution in [3.05, 3.63) is 65.7 Å². The molecule has 44 heavy (non-hydrogen) atoms. The summed E-state index contributed by atoms with van der Waals surface area (Å²) in [5.74, 6) is -0.0970. The Balaban J connectivity index is 1.22. The number of hydrogen-bond acceptors (Lipinski definition) is 7. The zero-order valence-corrected chi connectivity index (χ0v) is 25.8. The number of likely N-dealkylation sites (tertiary alicyclic amines) is 1. The number of aliphatic hydroxyl groups is 1. The highest BCUT2D eigenvalue weighted by atomic mass is 16.6. The van der Waals surface area contributed by atoms with E-state index >= 15 is 0 Å². The van der Waals surface area contributed by atoms with E-state index in [2.05, 4.69) is 16.4 Å². The molecule has 6 rings (SSSR count). The molecule has 1 aliphatic carbocycles. The van der Waals surface area contributed by atoms with Gasteiger partial charge < -0.3 is 25.0 Å². The number of unbranched alkanes of at least 4 members (excludes halogenated alkanes) is 1. The van der Waals surface area contributed by atoms with Gasteiger partial charge in [-0.1, -0.05) is 24.3 Å². The van der Waals surface area contributed by atoms with Crippen LogP contribution in [0.1, 0.15) is 76.1 Å². The second kappa shape index (κ2) is 11.5. The van der Waals surface area contributed by atoms with Gasteiger partial charge in [0.05, 0.1) is 29.5 Å². The molecule has 1 spiro atoms. The number of nitrogens with zero attached hydrogens (tertiary/aromatic N) is 4. The molecule has 232 valence electrons. The average molecular weight is 600 g/mol. The first-order chi connectivity index (χ1) is 21.1. The number of alkyl carbamates (subject to hydrolysis) is 1. The SMILES string of the molecule is CC(C)(C)OC(=O)NC1(C(=O)N2CCC3(CC2)C(=O)N(Cc2ncc4ccccc4c2CCCCO)c2cnccc23)CC1. The fraction of sp³-hybridized carbons (Fsp3) is 0.500. The van der Waals surface area contributed by atoms with Crippen LogP contribution in [0.4, 0.5) is 10.5 Å². The van der Waals surface area contributed by atoms with Gasteiger partial charge in [-0.2, -0.15) is 0 Å². The summed E-state index contributed by atoms with van der Waals surface area (Å²) in [5.41, 5.74) is 1.35. The molecule has 2 aromatic heterocycles. The first-order valence-electron chi connectivity index (χ1n) is 15.6. The monoisotopic (exact) mass is 599 g/mol. The Hall–Kier alpha value is -4.05. The van der Waals surface area contributed by atoms with Crippen molar-refractivity contribution in [3.63, 3.8) is 0 Å².